The molecule has 0 N–H and O–H groups in total. The van der Waals surface area contributed by atoms with Gasteiger partial charge in [0.25, 0.3) is 0 Å². The zero-order valence-electron chi connectivity index (χ0n) is 19.5. The van der Waals surface area contributed by atoms with Crippen molar-refractivity contribution in [3.05, 3.63) is 94.5 Å². The lowest BCUT2D eigenvalue weighted by Gasteiger charge is -2.23. The Morgan fingerprint density at radius 3 is 2.21 bits per heavy atom. The molecule has 0 saturated carbocycles. The summed E-state index contributed by atoms with van der Waals surface area (Å²) in [5.41, 5.74) is 6.19. The number of ether oxygens (including phenoxy) is 1. The molecule has 1 aliphatic heterocycles. The maximum absolute atomic E-state index is 13.0. The van der Waals surface area contributed by atoms with Crippen LogP contribution in [0.15, 0.2) is 66.7 Å². The van der Waals surface area contributed by atoms with Gasteiger partial charge in [0.05, 0.1) is 19.5 Å². The van der Waals surface area contributed by atoms with Crippen LogP contribution in [0.3, 0.4) is 0 Å². The largest absolute Gasteiger partial charge is 0.491 e. The number of aryl methyl sites for hydroxylation is 2. The maximum Gasteiger partial charge on any atom is 0.227 e. The molecule has 0 aliphatic carbocycles. The molecule has 0 radical (unpaired) electrons. The zero-order valence-corrected chi connectivity index (χ0v) is 19.5. The Hall–Kier alpha value is -3.60. The lowest BCUT2D eigenvalue weighted by molar-refractivity contribution is -0.131. The Morgan fingerprint density at radius 2 is 1.55 bits per heavy atom. The van der Waals surface area contributed by atoms with Crippen LogP contribution >= 0.6 is 0 Å². The van der Waals surface area contributed by atoms with Crippen molar-refractivity contribution in [1.29, 1.82) is 0 Å². The van der Waals surface area contributed by atoms with Crippen LogP contribution in [0.25, 0.3) is 0 Å². The minimum Gasteiger partial charge on any atom is -0.491 e. The summed E-state index contributed by atoms with van der Waals surface area (Å²) in [5.74, 6) is 0.875. The quantitative estimate of drug-likeness (QED) is 0.569. The molecule has 0 fully saturated rings. The topological polar surface area (TPSA) is 49.9 Å². The molecular formula is C28H30N2O3. The van der Waals surface area contributed by atoms with Crippen LogP contribution in [-0.2, 0) is 29.1 Å². The predicted octanol–water partition coefficient (Wildman–Crippen LogP) is 4.82. The first-order chi connectivity index (χ1) is 15.9. The summed E-state index contributed by atoms with van der Waals surface area (Å²) in [5, 5.41) is 0. The highest BCUT2D eigenvalue weighted by molar-refractivity contribution is 5.91. The standard InChI is InChI=1S/C28H30N2O3/c1-20-4-8-23(9-5-20)17-28(32)29-14-15-33-27-13-10-24(16-25(27)19-29)18-30(22(3)31)26-11-6-21(2)7-12-26/h4-13,16H,14-15,17-19H2,1-3H3. The molecule has 0 spiro atoms. The highest BCUT2D eigenvalue weighted by Crippen LogP contribution is 2.27. The fourth-order valence-corrected chi connectivity index (χ4v) is 4.04. The molecule has 5 nitrogen and oxygen atoms in total. The van der Waals surface area contributed by atoms with E-state index in [0.717, 1.165) is 33.7 Å². The summed E-state index contributed by atoms with van der Waals surface area (Å²) in [7, 11) is 0. The fraction of sp³-hybridized carbons (Fsp3) is 0.286. The van der Waals surface area contributed by atoms with Gasteiger partial charge in [0.1, 0.15) is 12.4 Å². The second kappa shape index (κ2) is 9.90. The van der Waals surface area contributed by atoms with Crippen molar-refractivity contribution in [2.24, 2.45) is 0 Å². The molecule has 5 heteroatoms. The minimum absolute atomic E-state index is 0.0139. The minimum atomic E-state index is -0.0139. The van der Waals surface area contributed by atoms with Gasteiger partial charge in [0, 0.05) is 24.7 Å². The molecular weight excluding hydrogens is 412 g/mol. The van der Waals surface area contributed by atoms with Gasteiger partial charge >= 0.3 is 0 Å². The zero-order chi connectivity index (χ0) is 23.4. The van der Waals surface area contributed by atoms with E-state index in [1.807, 2.05) is 79.4 Å². The summed E-state index contributed by atoms with van der Waals surface area (Å²) in [6.45, 7) is 7.63. The Kier molecular flexibility index (Phi) is 6.78. The average molecular weight is 443 g/mol. The summed E-state index contributed by atoms with van der Waals surface area (Å²) in [4.78, 5) is 29.0. The highest BCUT2D eigenvalue weighted by Gasteiger charge is 2.21. The van der Waals surface area contributed by atoms with Gasteiger partial charge in [-0.25, -0.2) is 0 Å². The molecule has 0 unspecified atom stereocenters. The molecule has 33 heavy (non-hydrogen) atoms. The number of carbonyl (C=O) groups is 2. The third kappa shape index (κ3) is 5.61. The number of benzene rings is 3. The molecule has 1 heterocycles. The van der Waals surface area contributed by atoms with Crippen LogP contribution in [0.1, 0.15) is 34.7 Å². The molecule has 2 amide bonds. The van der Waals surface area contributed by atoms with E-state index >= 15 is 0 Å². The number of hydrogen-bond donors (Lipinski definition) is 0. The second-order valence-electron chi connectivity index (χ2n) is 8.71. The molecule has 3 aromatic carbocycles. The van der Waals surface area contributed by atoms with Crippen LogP contribution in [0.4, 0.5) is 5.69 Å². The molecule has 0 atom stereocenters. The molecule has 1 aliphatic rings. The molecule has 0 aromatic heterocycles. The van der Waals surface area contributed by atoms with Gasteiger partial charge in [-0.2, -0.15) is 0 Å². The Morgan fingerprint density at radius 1 is 0.909 bits per heavy atom. The summed E-state index contributed by atoms with van der Waals surface area (Å²) in [6, 6.07) is 22.0. The van der Waals surface area contributed by atoms with Crippen LogP contribution in [0.5, 0.6) is 5.75 Å². The molecule has 0 bridgehead atoms. The van der Waals surface area contributed by atoms with E-state index in [-0.39, 0.29) is 11.8 Å². The van der Waals surface area contributed by atoms with Crippen molar-refractivity contribution in [2.45, 2.75) is 40.3 Å². The Bertz CT molecular complexity index is 1140. The highest BCUT2D eigenvalue weighted by atomic mass is 16.5. The van der Waals surface area contributed by atoms with E-state index in [1.54, 1.807) is 11.8 Å². The third-order valence-corrected chi connectivity index (χ3v) is 6.00. The Balaban J connectivity index is 1.51. The summed E-state index contributed by atoms with van der Waals surface area (Å²) in [6.07, 6.45) is 0.376. The van der Waals surface area contributed by atoms with Crippen molar-refractivity contribution in [2.75, 3.05) is 18.1 Å². The lowest BCUT2D eigenvalue weighted by Crippen LogP contribution is -2.33. The van der Waals surface area contributed by atoms with Gasteiger partial charge in [0.15, 0.2) is 0 Å². The maximum atomic E-state index is 13.0. The SMILES string of the molecule is CC(=O)N(Cc1ccc2c(c1)CN(C(=O)Cc1ccc(C)cc1)CCO2)c1ccc(C)cc1. The van der Waals surface area contributed by atoms with Gasteiger partial charge in [0.2, 0.25) is 11.8 Å². The fourth-order valence-electron chi connectivity index (χ4n) is 4.04. The number of anilines is 1. The number of nitrogens with zero attached hydrogens (tertiary/aromatic N) is 2. The van der Waals surface area contributed by atoms with E-state index in [9.17, 15) is 9.59 Å². The third-order valence-electron chi connectivity index (χ3n) is 6.00. The van der Waals surface area contributed by atoms with Crippen LogP contribution in [-0.4, -0.2) is 29.9 Å². The number of hydrogen-bond acceptors (Lipinski definition) is 3. The Labute approximate surface area is 195 Å². The van der Waals surface area contributed by atoms with Crippen LogP contribution in [0, 0.1) is 13.8 Å². The van der Waals surface area contributed by atoms with Crippen molar-refractivity contribution in [3.63, 3.8) is 0 Å². The van der Waals surface area contributed by atoms with E-state index in [1.165, 1.54) is 5.56 Å². The average Bonchev–Trinajstić information content (AvgIpc) is 3.02. The van der Waals surface area contributed by atoms with E-state index in [0.29, 0.717) is 32.7 Å². The van der Waals surface area contributed by atoms with Gasteiger partial charge in [-0.3, -0.25) is 9.59 Å². The van der Waals surface area contributed by atoms with Crippen LogP contribution < -0.4 is 9.64 Å². The monoisotopic (exact) mass is 442 g/mol. The van der Waals surface area contributed by atoms with E-state index < -0.39 is 0 Å². The molecule has 170 valence electrons. The van der Waals surface area contributed by atoms with Crippen molar-refractivity contribution in [1.82, 2.24) is 4.90 Å². The number of carbonyl (C=O) groups excluding carboxylic acids is 2. The molecule has 3 aromatic rings. The summed E-state index contributed by atoms with van der Waals surface area (Å²) >= 11 is 0. The van der Waals surface area contributed by atoms with E-state index in [2.05, 4.69) is 6.07 Å². The number of amides is 2. The normalized spacial score (nSPS) is 13.0. The van der Waals surface area contributed by atoms with E-state index in [4.69, 9.17) is 4.74 Å². The van der Waals surface area contributed by atoms with Crippen LogP contribution in [0.2, 0.25) is 0 Å². The number of rotatable bonds is 5. The van der Waals surface area contributed by atoms with Crippen molar-refractivity contribution >= 4 is 17.5 Å². The second-order valence-corrected chi connectivity index (χ2v) is 8.71. The first kappa shape index (κ1) is 22.6. The molecule has 0 saturated heterocycles. The number of fused-ring (bicyclic) bond motifs is 1. The van der Waals surface area contributed by atoms with Gasteiger partial charge in [-0.15, -0.1) is 0 Å². The summed E-state index contributed by atoms with van der Waals surface area (Å²) < 4.78 is 5.93. The predicted molar refractivity (Wildman–Crippen MR) is 130 cm³/mol. The smallest absolute Gasteiger partial charge is 0.227 e. The van der Waals surface area contributed by atoms with Gasteiger partial charge < -0.3 is 14.5 Å². The molecule has 4 rings (SSSR count). The van der Waals surface area contributed by atoms with Crippen molar-refractivity contribution < 1.29 is 14.3 Å². The lowest BCUT2D eigenvalue weighted by atomic mass is 10.1. The van der Waals surface area contributed by atoms with Gasteiger partial charge in [-0.05, 0) is 49.2 Å². The van der Waals surface area contributed by atoms with Crippen molar-refractivity contribution in [3.8, 4) is 5.75 Å². The first-order valence-electron chi connectivity index (χ1n) is 11.3. The van der Waals surface area contributed by atoms with Gasteiger partial charge in [-0.1, -0.05) is 53.6 Å². The first-order valence-corrected chi connectivity index (χ1v) is 11.3.